The van der Waals surface area contributed by atoms with Crippen molar-refractivity contribution in [2.24, 2.45) is 16.8 Å². The Labute approximate surface area is 119 Å². The standard InChI is InChI=1S/C16H20N2S/c1-2-4-12(5-3-1)15-10-19-16(18-15)17-14-9-11-6-7-13(14)8-11/h1-5,11,13-15H,6-10H2,(H,17,18). The van der Waals surface area contributed by atoms with Gasteiger partial charge < -0.3 is 5.32 Å². The number of fused-ring (bicyclic) bond motifs is 2. The van der Waals surface area contributed by atoms with Crippen LogP contribution in [0.3, 0.4) is 0 Å². The van der Waals surface area contributed by atoms with Gasteiger partial charge in [-0.25, -0.2) is 0 Å². The molecule has 1 heterocycles. The van der Waals surface area contributed by atoms with Crippen molar-refractivity contribution in [1.29, 1.82) is 0 Å². The summed E-state index contributed by atoms with van der Waals surface area (Å²) >= 11 is 1.90. The Morgan fingerprint density at radius 1 is 1.11 bits per heavy atom. The number of nitrogens with zero attached hydrogens (tertiary/aromatic N) is 1. The summed E-state index contributed by atoms with van der Waals surface area (Å²) in [5.41, 5.74) is 1.35. The molecule has 4 rings (SSSR count). The van der Waals surface area contributed by atoms with Gasteiger partial charge in [-0.05, 0) is 36.7 Å². The van der Waals surface area contributed by atoms with E-state index in [2.05, 4.69) is 35.6 Å². The quantitative estimate of drug-likeness (QED) is 0.889. The molecule has 2 bridgehead atoms. The van der Waals surface area contributed by atoms with E-state index < -0.39 is 0 Å². The summed E-state index contributed by atoms with van der Waals surface area (Å²) in [5, 5.41) is 4.91. The molecule has 1 aliphatic heterocycles. The van der Waals surface area contributed by atoms with Crippen LogP contribution in [0.4, 0.5) is 0 Å². The zero-order chi connectivity index (χ0) is 12.7. The van der Waals surface area contributed by atoms with Gasteiger partial charge in [-0.15, -0.1) is 0 Å². The maximum atomic E-state index is 4.87. The fourth-order valence-corrected chi connectivity index (χ4v) is 4.90. The predicted octanol–water partition coefficient (Wildman–Crippen LogP) is 3.61. The third kappa shape index (κ3) is 2.29. The topological polar surface area (TPSA) is 24.4 Å². The van der Waals surface area contributed by atoms with Gasteiger partial charge in [0.2, 0.25) is 0 Å². The first-order valence-corrected chi connectivity index (χ1v) is 8.39. The number of nitrogens with one attached hydrogen (secondary N) is 1. The van der Waals surface area contributed by atoms with E-state index in [9.17, 15) is 0 Å². The minimum Gasteiger partial charge on any atom is -0.362 e. The molecule has 1 aromatic rings. The SMILES string of the molecule is c1ccc(C2CSC(NC3CC4CCC3C4)=N2)cc1. The zero-order valence-electron chi connectivity index (χ0n) is 11.1. The monoisotopic (exact) mass is 272 g/mol. The van der Waals surface area contributed by atoms with Crippen LogP contribution in [0.15, 0.2) is 35.3 Å². The van der Waals surface area contributed by atoms with Gasteiger partial charge in [-0.2, -0.15) is 0 Å². The molecule has 0 saturated heterocycles. The molecule has 1 aromatic carbocycles. The van der Waals surface area contributed by atoms with Crippen molar-refractivity contribution in [2.75, 3.05) is 5.75 Å². The van der Waals surface area contributed by atoms with Gasteiger partial charge in [0, 0.05) is 11.8 Å². The molecule has 2 nitrogen and oxygen atoms in total. The second-order valence-corrected chi connectivity index (χ2v) is 7.11. The van der Waals surface area contributed by atoms with Crippen LogP contribution in [0, 0.1) is 11.8 Å². The molecule has 1 N–H and O–H groups in total. The molecule has 2 saturated carbocycles. The van der Waals surface area contributed by atoms with Crippen molar-refractivity contribution >= 4 is 16.9 Å². The first kappa shape index (κ1) is 11.8. The third-order valence-electron chi connectivity index (χ3n) is 4.88. The van der Waals surface area contributed by atoms with Crippen LogP contribution >= 0.6 is 11.8 Å². The average molecular weight is 272 g/mol. The van der Waals surface area contributed by atoms with Crippen molar-refractivity contribution < 1.29 is 0 Å². The molecular formula is C16H20N2S. The Balaban J connectivity index is 1.43. The zero-order valence-corrected chi connectivity index (χ0v) is 11.9. The van der Waals surface area contributed by atoms with Crippen LogP contribution in [0.5, 0.6) is 0 Å². The predicted molar refractivity (Wildman–Crippen MR) is 81.4 cm³/mol. The average Bonchev–Trinajstić information content (AvgIpc) is 3.16. The van der Waals surface area contributed by atoms with E-state index in [0.29, 0.717) is 12.1 Å². The molecule has 3 heteroatoms. The maximum absolute atomic E-state index is 4.87. The van der Waals surface area contributed by atoms with Crippen molar-refractivity contribution in [3.05, 3.63) is 35.9 Å². The Bertz CT molecular complexity index is 485. The number of rotatable bonds is 2. The van der Waals surface area contributed by atoms with E-state index in [1.165, 1.54) is 36.4 Å². The summed E-state index contributed by atoms with van der Waals surface area (Å²) in [6.07, 6.45) is 5.73. The molecule has 19 heavy (non-hydrogen) atoms. The smallest absolute Gasteiger partial charge is 0.157 e. The summed E-state index contributed by atoms with van der Waals surface area (Å²) in [6, 6.07) is 11.7. The van der Waals surface area contributed by atoms with Gasteiger partial charge in [0.25, 0.3) is 0 Å². The van der Waals surface area contributed by atoms with Crippen LogP contribution in [-0.2, 0) is 0 Å². The Hall–Kier alpha value is -0.960. The molecule has 0 amide bonds. The van der Waals surface area contributed by atoms with E-state index in [-0.39, 0.29) is 0 Å². The normalized spacial score (nSPS) is 36.5. The van der Waals surface area contributed by atoms with Crippen molar-refractivity contribution in [3.8, 4) is 0 Å². The molecule has 2 aliphatic carbocycles. The van der Waals surface area contributed by atoms with Gasteiger partial charge >= 0.3 is 0 Å². The molecule has 4 unspecified atom stereocenters. The molecule has 4 atom stereocenters. The van der Waals surface area contributed by atoms with E-state index >= 15 is 0 Å². The molecule has 2 fully saturated rings. The summed E-state index contributed by atoms with van der Waals surface area (Å²) in [4.78, 5) is 4.87. The van der Waals surface area contributed by atoms with Crippen molar-refractivity contribution in [3.63, 3.8) is 0 Å². The number of thioether (sulfide) groups is 1. The number of hydrogen-bond donors (Lipinski definition) is 1. The molecule has 3 aliphatic rings. The Kier molecular flexibility index (Phi) is 3.03. The van der Waals surface area contributed by atoms with Crippen LogP contribution in [-0.4, -0.2) is 17.0 Å². The lowest BCUT2D eigenvalue weighted by Gasteiger charge is -2.23. The lowest BCUT2D eigenvalue weighted by molar-refractivity contribution is 0.392. The molecule has 0 radical (unpaired) electrons. The highest BCUT2D eigenvalue weighted by molar-refractivity contribution is 8.14. The first-order valence-electron chi connectivity index (χ1n) is 7.40. The van der Waals surface area contributed by atoms with E-state index in [1.807, 2.05) is 11.8 Å². The highest BCUT2D eigenvalue weighted by Crippen LogP contribution is 2.45. The highest BCUT2D eigenvalue weighted by atomic mass is 32.2. The van der Waals surface area contributed by atoms with Gasteiger partial charge in [0.05, 0.1) is 6.04 Å². The number of hydrogen-bond acceptors (Lipinski definition) is 3. The van der Waals surface area contributed by atoms with Crippen LogP contribution in [0.25, 0.3) is 0 Å². The Morgan fingerprint density at radius 2 is 2.00 bits per heavy atom. The summed E-state index contributed by atoms with van der Waals surface area (Å²) < 4.78 is 0. The van der Waals surface area contributed by atoms with Gasteiger partial charge in [0.15, 0.2) is 5.17 Å². The summed E-state index contributed by atoms with van der Waals surface area (Å²) in [7, 11) is 0. The molecule has 0 aromatic heterocycles. The minimum atomic E-state index is 0.354. The van der Waals surface area contributed by atoms with Crippen LogP contribution in [0.1, 0.15) is 37.3 Å². The van der Waals surface area contributed by atoms with Crippen molar-refractivity contribution in [2.45, 2.75) is 37.8 Å². The molecule has 0 spiro atoms. The van der Waals surface area contributed by atoms with Gasteiger partial charge in [-0.3, -0.25) is 4.99 Å². The Morgan fingerprint density at radius 3 is 2.74 bits per heavy atom. The minimum absolute atomic E-state index is 0.354. The van der Waals surface area contributed by atoms with E-state index in [4.69, 9.17) is 4.99 Å². The second kappa shape index (κ2) is 4.86. The molecule has 100 valence electrons. The van der Waals surface area contributed by atoms with Gasteiger partial charge in [-0.1, -0.05) is 48.5 Å². The fourth-order valence-electron chi connectivity index (χ4n) is 3.88. The number of benzene rings is 1. The summed E-state index contributed by atoms with van der Waals surface area (Å²) in [6.45, 7) is 0. The lowest BCUT2D eigenvalue weighted by atomic mass is 9.96. The second-order valence-electron chi connectivity index (χ2n) is 6.10. The number of aliphatic imine (C=N–C) groups is 1. The first-order chi connectivity index (χ1) is 9.38. The van der Waals surface area contributed by atoms with Crippen molar-refractivity contribution in [1.82, 2.24) is 5.32 Å². The third-order valence-corrected chi connectivity index (χ3v) is 5.86. The largest absolute Gasteiger partial charge is 0.362 e. The maximum Gasteiger partial charge on any atom is 0.157 e. The lowest BCUT2D eigenvalue weighted by Crippen LogP contribution is -2.36. The van der Waals surface area contributed by atoms with Crippen LogP contribution in [0.2, 0.25) is 0 Å². The number of amidine groups is 1. The van der Waals surface area contributed by atoms with E-state index in [0.717, 1.165) is 17.6 Å². The van der Waals surface area contributed by atoms with Crippen LogP contribution < -0.4 is 5.32 Å². The molecular weight excluding hydrogens is 252 g/mol. The highest BCUT2D eigenvalue weighted by Gasteiger charge is 2.40. The summed E-state index contributed by atoms with van der Waals surface area (Å²) in [5.74, 6) is 3.01. The van der Waals surface area contributed by atoms with Gasteiger partial charge in [0.1, 0.15) is 0 Å². The van der Waals surface area contributed by atoms with E-state index in [1.54, 1.807) is 0 Å². The fraction of sp³-hybridized carbons (Fsp3) is 0.562.